The maximum Gasteiger partial charge on any atom is 0.226 e. The van der Waals surface area contributed by atoms with Crippen molar-refractivity contribution in [2.24, 2.45) is 0 Å². The van der Waals surface area contributed by atoms with E-state index in [4.69, 9.17) is 5.26 Å². The van der Waals surface area contributed by atoms with E-state index in [0.29, 0.717) is 12.0 Å². The molecule has 72 valence electrons. The maximum absolute atomic E-state index is 11.4. The van der Waals surface area contributed by atoms with Crippen LogP contribution < -0.4 is 4.90 Å². The van der Waals surface area contributed by atoms with Gasteiger partial charge in [-0.05, 0) is 18.2 Å². The van der Waals surface area contributed by atoms with E-state index < -0.39 is 0 Å². The van der Waals surface area contributed by atoms with Crippen LogP contribution in [-0.4, -0.2) is 13.0 Å². The Morgan fingerprint density at radius 1 is 1.57 bits per heavy atom. The van der Waals surface area contributed by atoms with Crippen molar-refractivity contribution >= 4 is 11.6 Å². The second-order valence-electron chi connectivity index (χ2n) is 2.97. The molecule has 0 heterocycles. The predicted molar refractivity (Wildman–Crippen MR) is 54.9 cm³/mol. The van der Waals surface area contributed by atoms with Crippen LogP contribution in [0, 0.1) is 11.3 Å². The fourth-order valence-electron chi connectivity index (χ4n) is 1.17. The number of anilines is 1. The molecule has 0 unspecified atom stereocenters. The van der Waals surface area contributed by atoms with Gasteiger partial charge < -0.3 is 4.90 Å². The topological polar surface area (TPSA) is 44.1 Å². The fourth-order valence-corrected chi connectivity index (χ4v) is 1.17. The van der Waals surface area contributed by atoms with Gasteiger partial charge in [0.1, 0.15) is 0 Å². The summed E-state index contributed by atoms with van der Waals surface area (Å²) >= 11 is 0. The van der Waals surface area contributed by atoms with Gasteiger partial charge in [-0.3, -0.25) is 4.79 Å². The van der Waals surface area contributed by atoms with Crippen LogP contribution in [-0.2, 0) is 4.79 Å². The summed E-state index contributed by atoms with van der Waals surface area (Å²) in [6.07, 6.45) is 0.466. The van der Waals surface area contributed by atoms with Crippen LogP contribution >= 0.6 is 0 Å². The van der Waals surface area contributed by atoms with E-state index in [9.17, 15) is 4.79 Å². The van der Waals surface area contributed by atoms with Gasteiger partial charge in [0.2, 0.25) is 5.91 Å². The van der Waals surface area contributed by atoms with E-state index in [2.05, 4.69) is 0 Å². The first-order valence-corrected chi connectivity index (χ1v) is 4.45. The largest absolute Gasteiger partial charge is 0.315 e. The first-order valence-electron chi connectivity index (χ1n) is 4.45. The van der Waals surface area contributed by atoms with Crippen molar-refractivity contribution in [3.63, 3.8) is 0 Å². The lowest BCUT2D eigenvalue weighted by Crippen LogP contribution is -2.24. The molecule has 0 spiro atoms. The van der Waals surface area contributed by atoms with Gasteiger partial charge in [0.05, 0.1) is 11.6 Å². The summed E-state index contributed by atoms with van der Waals surface area (Å²) in [6, 6.07) is 9.04. The highest BCUT2D eigenvalue weighted by Gasteiger charge is 2.08. The Balaban J connectivity index is 2.96. The first kappa shape index (κ1) is 10.3. The molecule has 0 radical (unpaired) electrons. The molecule has 14 heavy (non-hydrogen) atoms. The Bertz CT molecular complexity index is 379. The minimum atomic E-state index is 0.0417. The Hall–Kier alpha value is -1.82. The number of carbonyl (C=O) groups excluding carboxylic acids is 1. The third kappa shape index (κ3) is 2.11. The van der Waals surface area contributed by atoms with Crippen molar-refractivity contribution in [3.8, 4) is 6.07 Å². The molecule has 0 atom stereocenters. The highest BCUT2D eigenvalue weighted by Crippen LogP contribution is 2.14. The van der Waals surface area contributed by atoms with E-state index >= 15 is 0 Å². The molecule has 1 rings (SSSR count). The zero-order valence-corrected chi connectivity index (χ0v) is 8.32. The number of hydrogen-bond donors (Lipinski definition) is 0. The summed E-state index contributed by atoms with van der Waals surface area (Å²) in [7, 11) is 1.71. The molecular formula is C11H12N2O. The Labute approximate surface area is 83.6 Å². The highest BCUT2D eigenvalue weighted by molar-refractivity contribution is 5.92. The molecule has 0 bridgehead atoms. The van der Waals surface area contributed by atoms with Crippen LogP contribution in [0.5, 0.6) is 0 Å². The minimum absolute atomic E-state index is 0.0417. The Kier molecular flexibility index (Phi) is 3.24. The molecule has 0 aliphatic rings. The van der Waals surface area contributed by atoms with Crippen LogP contribution in [0.15, 0.2) is 24.3 Å². The van der Waals surface area contributed by atoms with Crippen LogP contribution in [0.1, 0.15) is 18.9 Å². The number of rotatable bonds is 2. The molecule has 3 heteroatoms. The lowest BCUT2D eigenvalue weighted by atomic mass is 10.2. The van der Waals surface area contributed by atoms with Gasteiger partial charge in [0.25, 0.3) is 0 Å². The molecule has 0 fully saturated rings. The summed E-state index contributed by atoms with van der Waals surface area (Å²) < 4.78 is 0. The summed E-state index contributed by atoms with van der Waals surface area (Å²) in [5.74, 6) is 0.0417. The Morgan fingerprint density at radius 2 is 2.29 bits per heavy atom. The fraction of sp³-hybridized carbons (Fsp3) is 0.273. The average molecular weight is 188 g/mol. The van der Waals surface area contributed by atoms with Gasteiger partial charge in [-0.2, -0.15) is 5.26 Å². The molecule has 0 saturated carbocycles. The lowest BCUT2D eigenvalue weighted by molar-refractivity contribution is -0.118. The molecule has 1 aromatic rings. The molecule has 0 N–H and O–H groups in total. The van der Waals surface area contributed by atoms with Crippen LogP contribution in [0.25, 0.3) is 0 Å². The van der Waals surface area contributed by atoms with Crippen LogP contribution in [0.2, 0.25) is 0 Å². The smallest absolute Gasteiger partial charge is 0.226 e. The van der Waals surface area contributed by atoms with E-state index in [1.54, 1.807) is 30.1 Å². The molecular weight excluding hydrogens is 176 g/mol. The minimum Gasteiger partial charge on any atom is -0.315 e. The second-order valence-corrected chi connectivity index (χ2v) is 2.97. The van der Waals surface area contributed by atoms with E-state index in [1.165, 1.54) is 0 Å². The number of carbonyl (C=O) groups is 1. The number of amides is 1. The highest BCUT2D eigenvalue weighted by atomic mass is 16.2. The van der Waals surface area contributed by atoms with Gasteiger partial charge in [-0.15, -0.1) is 0 Å². The third-order valence-corrected chi connectivity index (χ3v) is 2.04. The van der Waals surface area contributed by atoms with Gasteiger partial charge in [0, 0.05) is 19.2 Å². The van der Waals surface area contributed by atoms with Crippen molar-refractivity contribution in [2.75, 3.05) is 11.9 Å². The van der Waals surface area contributed by atoms with Crippen molar-refractivity contribution in [1.82, 2.24) is 0 Å². The molecule has 0 aliphatic heterocycles. The molecule has 1 amide bonds. The van der Waals surface area contributed by atoms with Crippen molar-refractivity contribution in [1.29, 1.82) is 5.26 Å². The van der Waals surface area contributed by atoms with Crippen LogP contribution in [0.4, 0.5) is 5.69 Å². The van der Waals surface area contributed by atoms with E-state index in [0.717, 1.165) is 5.69 Å². The number of hydrogen-bond acceptors (Lipinski definition) is 2. The molecule has 1 aromatic carbocycles. The summed E-state index contributed by atoms with van der Waals surface area (Å²) in [5.41, 5.74) is 1.33. The summed E-state index contributed by atoms with van der Waals surface area (Å²) in [5, 5.41) is 8.69. The summed E-state index contributed by atoms with van der Waals surface area (Å²) in [6.45, 7) is 1.81. The van der Waals surface area contributed by atoms with Crippen LogP contribution in [0.3, 0.4) is 0 Å². The quantitative estimate of drug-likeness (QED) is 0.711. The van der Waals surface area contributed by atoms with E-state index in [-0.39, 0.29) is 5.91 Å². The average Bonchev–Trinajstić information content (AvgIpc) is 2.27. The molecule has 0 aromatic heterocycles. The standard InChI is InChI=1S/C11H12N2O/c1-3-11(14)13(2)10-6-4-5-9(7-10)8-12/h4-7H,3H2,1-2H3. The zero-order chi connectivity index (χ0) is 10.6. The summed E-state index contributed by atoms with van der Waals surface area (Å²) in [4.78, 5) is 12.9. The number of nitrogens with zero attached hydrogens (tertiary/aromatic N) is 2. The Morgan fingerprint density at radius 3 is 2.86 bits per heavy atom. The third-order valence-electron chi connectivity index (χ3n) is 2.04. The number of nitriles is 1. The lowest BCUT2D eigenvalue weighted by Gasteiger charge is -2.16. The molecule has 0 saturated heterocycles. The van der Waals surface area contributed by atoms with E-state index in [1.807, 2.05) is 19.1 Å². The SMILES string of the molecule is CCC(=O)N(C)c1cccc(C#N)c1. The van der Waals surface area contributed by atoms with Gasteiger partial charge in [-0.25, -0.2) is 0 Å². The zero-order valence-electron chi connectivity index (χ0n) is 8.32. The maximum atomic E-state index is 11.4. The monoisotopic (exact) mass is 188 g/mol. The van der Waals surface area contributed by atoms with Crippen molar-refractivity contribution in [2.45, 2.75) is 13.3 Å². The normalized spacial score (nSPS) is 9.21. The van der Waals surface area contributed by atoms with Crippen molar-refractivity contribution < 1.29 is 4.79 Å². The van der Waals surface area contributed by atoms with Gasteiger partial charge in [-0.1, -0.05) is 13.0 Å². The van der Waals surface area contributed by atoms with Gasteiger partial charge >= 0.3 is 0 Å². The van der Waals surface area contributed by atoms with Gasteiger partial charge in [0.15, 0.2) is 0 Å². The molecule has 0 aliphatic carbocycles. The predicted octanol–water partition coefficient (Wildman–Crippen LogP) is 1.93. The first-order chi connectivity index (χ1) is 6.69. The second kappa shape index (κ2) is 4.43. The molecule has 3 nitrogen and oxygen atoms in total. The number of benzene rings is 1. The van der Waals surface area contributed by atoms with Crippen molar-refractivity contribution in [3.05, 3.63) is 29.8 Å².